The topological polar surface area (TPSA) is 42.4 Å². The molecule has 2 heterocycles. The van der Waals surface area contributed by atoms with Gasteiger partial charge in [-0.15, -0.1) is 0 Å². The van der Waals surface area contributed by atoms with Gasteiger partial charge in [-0.25, -0.2) is 0 Å². The Morgan fingerprint density at radius 2 is 1.72 bits per heavy atom. The molecule has 2 aromatic carbocycles. The lowest BCUT2D eigenvalue weighted by Crippen LogP contribution is -2.37. The minimum absolute atomic E-state index is 0.278. The third-order valence-corrected chi connectivity index (χ3v) is 6.18. The average Bonchev–Trinajstić information content (AvgIpc) is 3.44. The molecule has 1 aromatic heterocycles. The number of benzene rings is 2. The van der Waals surface area contributed by atoms with Gasteiger partial charge in [-0.3, -0.25) is 9.78 Å². The highest BCUT2D eigenvalue weighted by Gasteiger charge is 2.53. The first-order chi connectivity index (χ1) is 14.2. The standard InChI is InChI=1S/C25H24N2O2/c28-24(27-16-12-20(18-27)19-5-4-15-26-17-19)25(13-14-25)21-8-10-23(11-9-21)29-22-6-2-1-3-7-22/h1-11,15,17,20H,12-14,16,18H2. The molecule has 2 aliphatic rings. The summed E-state index contributed by atoms with van der Waals surface area (Å²) in [6.45, 7) is 1.62. The van der Waals surface area contributed by atoms with Gasteiger partial charge in [0.15, 0.2) is 0 Å². The Morgan fingerprint density at radius 3 is 2.41 bits per heavy atom. The number of ether oxygens (including phenoxy) is 1. The number of rotatable bonds is 5. The minimum atomic E-state index is -0.338. The Hall–Kier alpha value is -3.14. The summed E-state index contributed by atoms with van der Waals surface area (Å²) in [4.78, 5) is 19.6. The van der Waals surface area contributed by atoms with Gasteiger partial charge in [-0.2, -0.15) is 0 Å². The summed E-state index contributed by atoms with van der Waals surface area (Å²) < 4.78 is 5.89. The van der Waals surface area contributed by atoms with E-state index in [-0.39, 0.29) is 11.3 Å². The molecular formula is C25H24N2O2. The van der Waals surface area contributed by atoms with Crippen LogP contribution < -0.4 is 4.74 Å². The number of carbonyl (C=O) groups excluding carboxylic acids is 1. The van der Waals surface area contributed by atoms with E-state index in [1.54, 1.807) is 6.20 Å². The van der Waals surface area contributed by atoms with Crippen LogP contribution in [0.5, 0.6) is 11.5 Å². The van der Waals surface area contributed by atoms with Gasteiger partial charge in [0, 0.05) is 31.4 Å². The zero-order chi connectivity index (χ0) is 19.7. The number of para-hydroxylation sites is 1. The molecule has 1 saturated carbocycles. The summed E-state index contributed by atoms with van der Waals surface area (Å²) in [6.07, 6.45) is 6.59. The third-order valence-electron chi connectivity index (χ3n) is 6.18. The highest BCUT2D eigenvalue weighted by Crippen LogP contribution is 2.50. The lowest BCUT2D eigenvalue weighted by atomic mass is 9.94. The van der Waals surface area contributed by atoms with Crippen molar-refractivity contribution < 1.29 is 9.53 Å². The van der Waals surface area contributed by atoms with E-state index in [0.29, 0.717) is 5.92 Å². The number of amides is 1. The van der Waals surface area contributed by atoms with Crippen molar-refractivity contribution in [3.05, 3.63) is 90.3 Å². The van der Waals surface area contributed by atoms with Crippen molar-refractivity contribution in [2.24, 2.45) is 0 Å². The number of aromatic nitrogens is 1. The van der Waals surface area contributed by atoms with E-state index in [1.807, 2.05) is 54.7 Å². The van der Waals surface area contributed by atoms with Crippen LogP contribution in [0.25, 0.3) is 0 Å². The molecule has 1 amide bonds. The molecule has 4 heteroatoms. The molecule has 1 unspecified atom stereocenters. The summed E-state index contributed by atoms with van der Waals surface area (Å²) in [5.41, 5.74) is 2.00. The van der Waals surface area contributed by atoms with Gasteiger partial charge >= 0.3 is 0 Å². The van der Waals surface area contributed by atoms with Gasteiger partial charge < -0.3 is 9.64 Å². The SMILES string of the molecule is O=C(N1CCC(c2cccnc2)C1)C1(c2ccc(Oc3ccccc3)cc2)CC1. The molecule has 0 spiro atoms. The van der Waals surface area contributed by atoms with Gasteiger partial charge in [0.2, 0.25) is 5.91 Å². The highest BCUT2D eigenvalue weighted by molar-refractivity contribution is 5.91. The van der Waals surface area contributed by atoms with Crippen LogP contribution in [0, 0.1) is 0 Å². The van der Waals surface area contributed by atoms with E-state index < -0.39 is 0 Å². The van der Waals surface area contributed by atoms with E-state index in [1.165, 1.54) is 5.56 Å². The summed E-state index contributed by atoms with van der Waals surface area (Å²) >= 11 is 0. The molecule has 5 rings (SSSR count). The lowest BCUT2D eigenvalue weighted by molar-refractivity contribution is -0.132. The quantitative estimate of drug-likeness (QED) is 0.627. The second kappa shape index (κ2) is 7.36. The summed E-state index contributed by atoms with van der Waals surface area (Å²) in [7, 11) is 0. The Labute approximate surface area is 171 Å². The predicted molar refractivity (Wildman–Crippen MR) is 112 cm³/mol. The first kappa shape index (κ1) is 17.9. The number of hydrogen-bond acceptors (Lipinski definition) is 3. The molecule has 29 heavy (non-hydrogen) atoms. The van der Waals surface area contributed by atoms with Crippen LogP contribution in [0.15, 0.2) is 79.1 Å². The van der Waals surface area contributed by atoms with E-state index in [4.69, 9.17) is 4.74 Å². The molecule has 0 radical (unpaired) electrons. The van der Waals surface area contributed by atoms with E-state index in [0.717, 1.165) is 49.4 Å². The third kappa shape index (κ3) is 3.51. The van der Waals surface area contributed by atoms with Crippen molar-refractivity contribution in [2.45, 2.75) is 30.6 Å². The Kier molecular flexibility index (Phi) is 4.55. The molecule has 2 fully saturated rings. The summed E-state index contributed by atoms with van der Waals surface area (Å²) in [5, 5.41) is 0. The molecule has 3 aromatic rings. The highest BCUT2D eigenvalue weighted by atomic mass is 16.5. The fourth-order valence-electron chi connectivity index (χ4n) is 4.35. The Morgan fingerprint density at radius 1 is 0.966 bits per heavy atom. The molecule has 1 aliphatic carbocycles. The van der Waals surface area contributed by atoms with Crippen LogP contribution in [0.1, 0.15) is 36.3 Å². The molecule has 1 atom stereocenters. The second-order valence-corrected chi connectivity index (χ2v) is 8.04. The van der Waals surface area contributed by atoms with Crippen LogP contribution in [0.2, 0.25) is 0 Å². The number of nitrogens with zero attached hydrogens (tertiary/aromatic N) is 2. The fourth-order valence-corrected chi connectivity index (χ4v) is 4.35. The molecule has 0 N–H and O–H groups in total. The average molecular weight is 384 g/mol. The molecule has 146 valence electrons. The number of hydrogen-bond donors (Lipinski definition) is 0. The maximum Gasteiger partial charge on any atom is 0.233 e. The van der Waals surface area contributed by atoms with Crippen molar-refractivity contribution >= 4 is 5.91 Å². The summed E-state index contributed by atoms with van der Waals surface area (Å²) in [5.74, 6) is 2.28. The zero-order valence-electron chi connectivity index (χ0n) is 16.3. The minimum Gasteiger partial charge on any atom is -0.457 e. The molecule has 1 saturated heterocycles. The Balaban J connectivity index is 1.28. The van der Waals surface area contributed by atoms with E-state index in [9.17, 15) is 4.79 Å². The van der Waals surface area contributed by atoms with Gasteiger partial charge in [0.1, 0.15) is 11.5 Å². The lowest BCUT2D eigenvalue weighted by Gasteiger charge is -2.24. The first-order valence-electron chi connectivity index (χ1n) is 10.3. The van der Waals surface area contributed by atoms with Crippen LogP contribution in [0.3, 0.4) is 0 Å². The zero-order valence-corrected chi connectivity index (χ0v) is 16.3. The molecule has 0 bridgehead atoms. The Bertz CT molecular complexity index is 982. The van der Waals surface area contributed by atoms with Crippen molar-refractivity contribution in [3.8, 4) is 11.5 Å². The smallest absolute Gasteiger partial charge is 0.233 e. The van der Waals surface area contributed by atoms with Gasteiger partial charge in [-0.05, 0) is 60.7 Å². The first-order valence-corrected chi connectivity index (χ1v) is 10.3. The molecular weight excluding hydrogens is 360 g/mol. The maximum absolute atomic E-state index is 13.4. The predicted octanol–water partition coefficient (Wildman–Crippen LogP) is 4.92. The van der Waals surface area contributed by atoms with Crippen LogP contribution in [-0.2, 0) is 10.2 Å². The molecule has 4 nitrogen and oxygen atoms in total. The van der Waals surface area contributed by atoms with E-state index in [2.05, 4.69) is 28.1 Å². The van der Waals surface area contributed by atoms with Gasteiger partial charge in [-0.1, -0.05) is 36.4 Å². The molecule has 1 aliphatic heterocycles. The fraction of sp³-hybridized carbons (Fsp3) is 0.280. The van der Waals surface area contributed by atoms with Crippen LogP contribution in [0.4, 0.5) is 0 Å². The number of carbonyl (C=O) groups is 1. The maximum atomic E-state index is 13.4. The largest absolute Gasteiger partial charge is 0.457 e. The van der Waals surface area contributed by atoms with Gasteiger partial charge in [0.05, 0.1) is 5.41 Å². The second-order valence-electron chi connectivity index (χ2n) is 8.04. The van der Waals surface area contributed by atoms with Crippen molar-refractivity contribution in [3.63, 3.8) is 0 Å². The van der Waals surface area contributed by atoms with Crippen LogP contribution in [-0.4, -0.2) is 28.9 Å². The van der Waals surface area contributed by atoms with Crippen molar-refractivity contribution in [2.75, 3.05) is 13.1 Å². The monoisotopic (exact) mass is 384 g/mol. The normalized spacial score (nSPS) is 19.7. The van der Waals surface area contributed by atoms with E-state index >= 15 is 0 Å². The van der Waals surface area contributed by atoms with Gasteiger partial charge in [0.25, 0.3) is 0 Å². The summed E-state index contributed by atoms with van der Waals surface area (Å²) in [6, 6.07) is 21.9. The van der Waals surface area contributed by atoms with Crippen molar-refractivity contribution in [1.29, 1.82) is 0 Å². The van der Waals surface area contributed by atoms with Crippen molar-refractivity contribution in [1.82, 2.24) is 9.88 Å². The number of likely N-dealkylation sites (tertiary alicyclic amines) is 1. The van der Waals surface area contributed by atoms with Crippen LogP contribution >= 0.6 is 0 Å². The number of pyridine rings is 1.